The number of nitrogens with zero attached hydrogens (tertiary/aromatic N) is 2. The van der Waals surface area contributed by atoms with Gasteiger partial charge in [0.25, 0.3) is 0 Å². The molecule has 190 valence electrons. The summed E-state index contributed by atoms with van der Waals surface area (Å²) in [6.07, 6.45) is 0. The van der Waals surface area contributed by atoms with Crippen molar-refractivity contribution in [3.63, 3.8) is 0 Å². The fourth-order valence-electron chi connectivity index (χ4n) is 6.38. The van der Waals surface area contributed by atoms with Crippen molar-refractivity contribution >= 4 is 90.5 Å². The number of thiophene rings is 2. The summed E-state index contributed by atoms with van der Waals surface area (Å²) in [4.78, 5) is 4.03. The van der Waals surface area contributed by atoms with Crippen LogP contribution in [-0.4, -0.2) is 4.57 Å². The average Bonchev–Trinajstić information content (AvgIpc) is 3.70. The molecule has 6 aromatic carbocycles. The Kier molecular flexibility index (Phi) is 4.74. The number of rotatable bonds is 2. The summed E-state index contributed by atoms with van der Waals surface area (Å²) in [5.41, 5.74) is 6.50. The quantitative estimate of drug-likeness (QED) is 0.187. The minimum absolute atomic E-state index is 0.711. The maximum atomic E-state index is 8.10. The first-order valence-corrected chi connectivity index (χ1v) is 15.2. The molecule has 41 heavy (non-hydrogen) atoms. The summed E-state index contributed by atoms with van der Waals surface area (Å²) < 4.78 is 7.22. The Labute approximate surface area is 243 Å². The van der Waals surface area contributed by atoms with Crippen LogP contribution in [0.3, 0.4) is 0 Å². The highest BCUT2D eigenvalue weighted by molar-refractivity contribution is 7.27. The maximum absolute atomic E-state index is 8.10. The van der Waals surface area contributed by atoms with Gasteiger partial charge in [0.1, 0.15) is 0 Å². The summed E-state index contributed by atoms with van der Waals surface area (Å²) in [7, 11) is 0. The monoisotopic (exact) mass is 556 g/mol. The van der Waals surface area contributed by atoms with Crippen molar-refractivity contribution in [3.05, 3.63) is 133 Å². The van der Waals surface area contributed by atoms with Crippen molar-refractivity contribution in [2.75, 3.05) is 0 Å². The molecule has 3 aromatic heterocycles. The minimum atomic E-state index is 0.711. The SMILES string of the molecule is [C-]#[N+]c1cc(-c2ccc3c(c2)sc2ccccc23)cc2c1sc1c(-n3c4ccccc4c4ccccc43)cccc12. The lowest BCUT2D eigenvalue weighted by atomic mass is 10.0. The van der Waals surface area contributed by atoms with Crippen LogP contribution in [0.1, 0.15) is 0 Å². The normalized spacial score (nSPS) is 11.9. The molecule has 0 atom stereocenters. The molecule has 9 rings (SSSR count). The van der Waals surface area contributed by atoms with E-state index in [0.29, 0.717) is 5.69 Å². The zero-order valence-electron chi connectivity index (χ0n) is 21.8. The van der Waals surface area contributed by atoms with Gasteiger partial charge >= 0.3 is 0 Å². The molecule has 0 aliphatic rings. The zero-order chi connectivity index (χ0) is 27.1. The Balaban J connectivity index is 1.31. The molecule has 0 saturated carbocycles. The fourth-order valence-corrected chi connectivity index (χ4v) is 8.77. The first-order chi connectivity index (χ1) is 20.3. The van der Waals surface area contributed by atoms with Crippen LogP contribution in [0.5, 0.6) is 0 Å². The third-order valence-electron chi connectivity index (χ3n) is 8.21. The van der Waals surface area contributed by atoms with E-state index in [2.05, 4.69) is 131 Å². The molecule has 2 nitrogen and oxygen atoms in total. The van der Waals surface area contributed by atoms with E-state index >= 15 is 0 Å². The Morgan fingerprint density at radius 3 is 1.95 bits per heavy atom. The van der Waals surface area contributed by atoms with E-state index in [1.807, 2.05) is 11.3 Å². The molecule has 4 heteroatoms. The molecule has 0 fully saturated rings. The van der Waals surface area contributed by atoms with Crippen LogP contribution < -0.4 is 0 Å². The summed E-state index contributed by atoms with van der Waals surface area (Å²) in [6, 6.07) is 43.5. The standard InChI is InChI=1S/C37H20N2S2/c1-38-30-20-23(22-17-18-27-26-11-4-7-16-34(26)40-35(27)21-22)19-29-28-12-8-15-33(37(28)41-36(29)30)39-31-13-5-2-9-24(31)25-10-3-6-14-32(25)39/h2-21H. The van der Waals surface area contributed by atoms with Gasteiger partial charge in [-0.2, -0.15) is 0 Å². The molecule has 3 heterocycles. The van der Waals surface area contributed by atoms with E-state index in [1.54, 1.807) is 11.3 Å². The molecular formula is C37H20N2S2. The molecule has 0 saturated heterocycles. The molecule has 0 spiro atoms. The number of benzene rings is 6. The molecule has 0 aliphatic heterocycles. The predicted octanol–water partition coefficient (Wildman–Crippen LogP) is 11.7. The Hall–Kier alpha value is -4.95. The first kappa shape index (κ1) is 22.8. The van der Waals surface area contributed by atoms with Crippen molar-refractivity contribution in [3.8, 4) is 16.8 Å². The van der Waals surface area contributed by atoms with E-state index in [0.717, 1.165) is 26.9 Å². The van der Waals surface area contributed by atoms with Gasteiger partial charge in [-0.1, -0.05) is 78.9 Å². The van der Waals surface area contributed by atoms with E-state index < -0.39 is 0 Å². The van der Waals surface area contributed by atoms with Crippen LogP contribution in [0.2, 0.25) is 0 Å². The van der Waals surface area contributed by atoms with Gasteiger partial charge in [0.05, 0.1) is 28.0 Å². The smallest absolute Gasteiger partial charge is 0.205 e. The highest BCUT2D eigenvalue weighted by atomic mass is 32.1. The molecular weight excluding hydrogens is 537 g/mol. The highest BCUT2D eigenvalue weighted by Crippen LogP contribution is 2.46. The topological polar surface area (TPSA) is 9.29 Å². The van der Waals surface area contributed by atoms with Crippen LogP contribution in [0.25, 0.3) is 83.8 Å². The van der Waals surface area contributed by atoms with Gasteiger partial charge in [-0.15, -0.1) is 22.7 Å². The van der Waals surface area contributed by atoms with Gasteiger partial charge in [-0.05, 0) is 59.0 Å². The molecule has 0 unspecified atom stereocenters. The van der Waals surface area contributed by atoms with Gasteiger partial charge in [0.15, 0.2) is 0 Å². The largest absolute Gasteiger partial charge is 0.308 e. The van der Waals surface area contributed by atoms with Crippen LogP contribution in [0.15, 0.2) is 121 Å². The number of para-hydroxylation sites is 2. The second-order valence-corrected chi connectivity index (χ2v) is 12.5. The van der Waals surface area contributed by atoms with E-state index in [4.69, 9.17) is 6.57 Å². The summed E-state index contributed by atoms with van der Waals surface area (Å²) in [5.74, 6) is 0. The molecule has 0 radical (unpaired) electrons. The highest BCUT2D eigenvalue weighted by Gasteiger charge is 2.18. The third-order valence-corrected chi connectivity index (χ3v) is 10.6. The van der Waals surface area contributed by atoms with Gasteiger partial charge in [-0.25, -0.2) is 4.85 Å². The lowest BCUT2D eigenvalue weighted by Crippen LogP contribution is -1.93. The summed E-state index contributed by atoms with van der Waals surface area (Å²) in [6.45, 7) is 8.10. The lowest BCUT2D eigenvalue weighted by Gasteiger charge is -2.09. The minimum Gasteiger partial charge on any atom is -0.308 e. The van der Waals surface area contributed by atoms with Crippen LogP contribution >= 0.6 is 22.7 Å². The maximum Gasteiger partial charge on any atom is 0.205 e. The zero-order valence-corrected chi connectivity index (χ0v) is 23.4. The molecule has 9 aromatic rings. The Morgan fingerprint density at radius 2 is 1.17 bits per heavy atom. The molecule has 0 amide bonds. The van der Waals surface area contributed by atoms with Gasteiger partial charge in [0.2, 0.25) is 5.69 Å². The number of hydrogen-bond acceptors (Lipinski definition) is 2. The average molecular weight is 557 g/mol. The van der Waals surface area contributed by atoms with Crippen molar-refractivity contribution in [1.29, 1.82) is 0 Å². The summed E-state index contributed by atoms with van der Waals surface area (Å²) >= 11 is 3.56. The van der Waals surface area contributed by atoms with Crippen LogP contribution in [-0.2, 0) is 0 Å². The van der Waals surface area contributed by atoms with Crippen molar-refractivity contribution < 1.29 is 0 Å². The fraction of sp³-hybridized carbons (Fsp3) is 0. The number of hydrogen-bond donors (Lipinski definition) is 0. The van der Waals surface area contributed by atoms with Gasteiger partial charge in [0, 0.05) is 41.0 Å². The lowest BCUT2D eigenvalue weighted by molar-refractivity contribution is 1.20. The van der Waals surface area contributed by atoms with E-state index in [-0.39, 0.29) is 0 Å². The van der Waals surface area contributed by atoms with Crippen molar-refractivity contribution in [1.82, 2.24) is 4.57 Å². The number of fused-ring (bicyclic) bond motifs is 9. The van der Waals surface area contributed by atoms with E-state index in [9.17, 15) is 0 Å². The molecule has 0 aliphatic carbocycles. The third kappa shape index (κ3) is 3.22. The second-order valence-electron chi connectivity index (χ2n) is 10.4. The van der Waals surface area contributed by atoms with E-state index in [1.165, 1.54) is 52.1 Å². The van der Waals surface area contributed by atoms with Gasteiger partial charge < -0.3 is 4.57 Å². The Bertz CT molecular complexity index is 2500. The molecule has 0 N–H and O–H groups in total. The Morgan fingerprint density at radius 1 is 0.488 bits per heavy atom. The van der Waals surface area contributed by atoms with Crippen LogP contribution in [0, 0.1) is 6.57 Å². The van der Waals surface area contributed by atoms with Gasteiger partial charge in [-0.3, -0.25) is 0 Å². The van der Waals surface area contributed by atoms with Crippen molar-refractivity contribution in [2.24, 2.45) is 0 Å². The first-order valence-electron chi connectivity index (χ1n) is 13.6. The van der Waals surface area contributed by atoms with Crippen LogP contribution in [0.4, 0.5) is 5.69 Å². The predicted molar refractivity (Wildman–Crippen MR) is 178 cm³/mol. The summed E-state index contributed by atoms with van der Waals surface area (Å²) in [5, 5.41) is 7.44. The molecule has 0 bridgehead atoms. The van der Waals surface area contributed by atoms with Crippen molar-refractivity contribution in [2.45, 2.75) is 0 Å². The number of aromatic nitrogens is 1. The second kappa shape index (κ2) is 8.52.